The average molecular weight is 790 g/mol. The molecule has 0 saturated carbocycles. The first kappa shape index (κ1) is 52.2. The number of phosphoric acid groups is 1. The highest BCUT2D eigenvalue weighted by Gasteiger charge is 2.26. The smallest absolute Gasteiger partial charge is 0.462 e. The van der Waals surface area contributed by atoms with Crippen LogP contribution in [0.1, 0.15) is 142 Å². The second-order valence-corrected chi connectivity index (χ2v) is 15.2. The maximum absolute atomic E-state index is 12.6. The van der Waals surface area contributed by atoms with E-state index in [1.807, 2.05) is 14.1 Å². The van der Waals surface area contributed by atoms with E-state index in [2.05, 4.69) is 98.9 Å². The Morgan fingerprint density at radius 2 is 1.04 bits per heavy atom. The first-order chi connectivity index (χ1) is 26.7. The van der Waals surface area contributed by atoms with Crippen molar-refractivity contribution in [3.8, 4) is 0 Å². The van der Waals surface area contributed by atoms with Crippen LogP contribution in [0.15, 0.2) is 85.1 Å². The third kappa shape index (κ3) is 40.7. The van der Waals surface area contributed by atoms with Crippen molar-refractivity contribution < 1.29 is 37.6 Å². The van der Waals surface area contributed by atoms with Gasteiger partial charge in [-0.2, -0.15) is 0 Å². The minimum absolute atomic E-state index is 0.00869. The normalized spacial score (nSPS) is 14.3. The molecule has 0 rings (SSSR count). The van der Waals surface area contributed by atoms with Gasteiger partial charge in [0.2, 0.25) is 0 Å². The molecule has 0 spiro atoms. The van der Waals surface area contributed by atoms with Crippen LogP contribution in [0.2, 0.25) is 0 Å². The second-order valence-electron chi connectivity index (χ2n) is 13.8. The monoisotopic (exact) mass is 790 g/mol. The Morgan fingerprint density at radius 3 is 1.56 bits per heavy atom. The molecule has 9 nitrogen and oxygen atoms in total. The summed E-state index contributed by atoms with van der Waals surface area (Å²) in [6.07, 6.45) is 47.7. The first-order valence-electron chi connectivity index (χ1n) is 20.9. The third-order valence-electron chi connectivity index (χ3n) is 8.19. The van der Waals surface area contributed by atoms with E-state index in [0.717, 1.165) is 83.5 Å². The molecule has 314 valence electrons. The van der Waals surface area contributed by atoms with Gasteiger partial charge < -0.3 is 19.3 Å². The minimum atomic E-state index is -4.38. The van der Waals surface area contributed by atoms with Crippen molar-refractivity contribution in [3.63, 3.8) is 0 Å². The number of carbonyl (C=O) groups is 2. The van der Waals surface area contributed by atoms with Gasteiger partial charge in [-0.15, -0.1) is 0 Å². The molecule has 0 aliphatic carbocycles. The SMILES string of the molecule is CC/C=C\C/C=C\C/C=C\C/C=C\CCCCCCC(=O)OC(COC(=O)CCCC/C=C\C/C=C\C/C=C\CCCCC)COP(=O)(O)OCCN(C)C. The van der Waals surface area contributed by atoms with Crippen LogP contribution in [0.4, 0.5) is 0 Å². The molecular formula is C45H76NO8P. The summed E-state index contributed by atoms with van der Waals surface area (Å²) in [5.74, 6) is -0.885. The van der Waals surface area contributed by atoms with Gasteiger partial charge in [-0.25, -0.2) is 4.57 Å². The van der Waals surface area contributed by atoms with Gasteiger partial charge in [0.15, 0.2) is 6.10 Å². The fourth-order valence-electron chi connectivity index (χ4n) is 4.98. The summed E-state index contributed by atoms with van der Waals surface area (Å²) >= 11 is 0. The number of hydrogen-bond donors (Lipinski definition) is 1. The van der Waals surface area contributed by atoms with Crippen molar-refractivity contribution in [1.82, 2.24) is 4.90 Å². The van der Waals surface area contributed by atoms with Crippen molar-refractivity contribution in [2.45, 2.75) is 148 Å². The lowest BCUT2D eigenvalue weighted by molar-refractivity contribution is -0.161. The van der Waals surface area contributed by atoms with Gasteiger partial charge in [-0.1, -0.05) is 125 Å². The molecule has 55 heavy (non-hydrogen) atoms. The van der Waals surface area contributed by atoms with Gasteiger partial charge >= 0.3 is 19.8 Å². The minimum Gasteiger partial charge on any atom is -0.462 e. The van der Waals surface area contributed by atoms with Crippen LogP contribution in [-0.4, -0.2) is 68.3 Å². The van der Waals surface area contributed by atoms with Gasteiger partial charge in [0.05, 0.1) is 13.2 Å². The predicted octanol–water partition coefficient (Wildman–Crippen LogP) is 11.9. The van der Waals surface area contributed by atoms with Crippen molar-refractivity contribution in [2.75, 3.05) is 40.5 Å². The average Bonchev–Trinajstić information content (AvgIpc) is 3.15. The van der Waals surface area contributed by atoms with Crippen LogP contribution in [0, 0.1) is 0 Å². The van der Waals surface area contributed by atoms with Crippen LogP contribution in [0.25, 0.3) is 0 Å². The maximum Gasteiger partial charge on any atom is 0.472 e. The summed E-state index contributed by atoms with van der Waals surface area (Å²) in [6.45, 7) is 4.08. The Kier molecular flexibility index (Phi) is 37.4. The lowest BCUT2D eigenvalue weighted by Gasteiger charge is -2.20. The molecular weight excluding hydrogens is 713 g/mol. The highest BCUT2D eigenvalue weighted by atomic mass is 31.2. The number of esters is 2. The summed E-state index contributed by atoms with van der Waals surface area (Å²) in [5.41, 5.74) is 0. The van der Waals surface area contributed by atoms with Crippen LogP contribution >= 0.6 is 7.82 Å². The first-order valence-corrected chi connectivity index (χ1v) is 22.4. The molecule has 0 aliphatic rings. The Balaban J connectivity index is 4.45. The van der Waals surface area contributed by atoms with Crippen LogP contribution in [0.3, 0.4) is 0 Å². The van der Waals surface area contributed by atoms with E-state index >= 15 is 0 Å². The maximum atomic E-state index is 12.6. The van der Waals surface area contributed by atoms with E-state index in [1.54, 1.807) is 4.90 Å². The fourth-order valence-corrected chi connectivity index (χ4v) is 5.72. The van der Waals surface area contributed by atoms with Gasteiger partial charge in [0.25, 0.3) is 0 Å². The molecule has 0 aliphatic heterocycles. The van der Waals surface area contributed by atoms with E-state index in [1.165, 1.54) is 19.3 Å². The van der Waals surface area contributed by atoms with Crippen molar-refractivity contribution in [2.24, 2.45) is 0 Å². The highest BCUT2D eigenvalue weighted by Crippen LogP contribution is 2.43. The number of carbonyl (C=O) groups excluding carboxylic acids is 2. The molecule has 0 radical (unpaired) electrons. The standard InChI is InChI=1S/C45H76NO8P/c1-5-7-9-11-13-15-17-19-21-22-24-26-28-30-32-34-36-38-45(48)54-43(42-53-55(49,50)52-40-39-46(3)4)41-51-44(47)37-35-33-31-29-27-25-23-20-18-16-14-12-10-8-6-2/h7,9,13-16,19-21,23-24,26-27,29,43H,5-6,8,10-12,17-18,22,25,28,30-42H2,1-4H3,(H,49,50)/b9-7-,15-13-,16-14-,21-19-,23-20-,26-24-,29-27-. The van der Waals surface area contributed by atoms with Crippen molar-refractivity contribution in [3.05, 3.63) is 85.1 Å². The molecule has 0 heterocycles. The number of rotatable bonds is 37. The zero-order valence-electron chi connectivity index (χ0n) is 34.8. The second kappa shape index (κ2) is 39.4. The van der Waals surface area contributed by atoms with Crippen LogP contribution < -0.4 is 0 Å². The number of phosphoric ester groups is 1. The lowest BCUT2D eigenvalue weighted by Crippen LogP contribution is -2.29. The molecule has 0 aromatic rings. The van der Waals surface area contributed by atoms with E-state index in [-0.39, 0.29) is 26.1 Å². The number of nitrogens with zero attached hydrogens (tertiary/aromatic N) is 1. The zero-order valence-corrected chi connectivity index (χ0v) is 35.7. The summed E-state index contributed by atoms with van der Waals surface area (Å²) in [4.78, 5) is 37.0. The highest BCUT2D eigenvalue weighted by molar-refractivity contribution is 7.47. The van der Waals surface area contributed by atoms with Crippen LogP contribution in [0.5, 0.6) is 0 Å². The Morgan fingerprint density at radius 1 is 0.582 bits per heavy atom. The molecule has 0 aromatic carbocycles. The molecule has 0 amide bonds. The molecule has 1 N–H and O–H groups in total. The number of allylic oxidation sites excluding steroid dienone is 14. The van der Waals surface area contributed by atoms with Crippen molar-refractivity contribution in [1.29, 1.82) is 0 Å². The third-order valence-corrected chi connectivity index (χ3v) is 9.17. The Bertz CT molecular complexity index is 1190. The van der Waals surface area contributed by atoms with E-state index in [0.29, 0.717) is 19.4 Å². The van der Waals surface area contributed by atoms with E-state index in [9.17, 15) is 19.0 Å². The largest absolute Gasteiger partial charge is 0.472 e. The van der Waals surface area contributed by atoms with Gasteiger partial charge in [-0.3, -0.25) is 18.6 Å². The van der Waals surface area contributed by atoms with Crippen LogP contribution in [-0.2, 0) is 32.7 Å². The van der Waals surface area contributed by atoms with E-state index < -0.39 is 32.5 Å². The Labute approximate surface area is 335 Å². The van der Waals surface area contributed by atoms with Gasteiger partial charge in [-0.05, 0) is 104 Å². The lowest BCUT2D eigenvalue weighted by atomic mass is 10.1. The number of ether oxygens (including phenoxy) is 2. The number of likely N-dealkylation sites (N-methyl/N-ethyl adjacent to an activating group) is 1. The fraction of sp³-hybridized carbons (Fsp3) is 0.644. The molecule has 2 atom stereocenters. The molecule has 0 fully saturated rings. The predicted molar refractivity (Wildman–Crippen MR) is 229 cm³/mol. The summed E-state index contributed by atoms with van der Waals surface area (Å²) < 4.78 is 33.4. The number of hydrogen-bond acceptors (Lipinski definition) is 8. The van der Waals surface area contributed by atoms with Crippen molar-refractivity contribution >= 4 is 19.8 Å². The Hall–Kier alpha value is -2.81. The summed E-state index contributed by atoms with van der Waals surface area (Å²) in [5, 5.41) is 0. The molecule has 2 unspecified atom stereocenters. The van der Waals surface area contributed by atoms with E-state index in [4.69, 9.17) is 18.5 Å². The summed E-state index contributed by atoms with van der Waals surface area (Å²) in [7, 11) is -0.754. The van der Waals surface area contributed by atoms with Gasteiger partial charge in [0, 0.05) is 19.4 Å². The molecule has 10 heteroatoms. The molecule has 0 saturated heterocycles. The van der Waals surface area contributed by atoms with Gasteiger partial charge in [0.1, 0.15) is 6.61 Å². The molecule has 0 bridgehead atoms. The molecule has 0 aromatic heterocycles. The quantitative estimate of drug-likeness (QED) is 0.0284. The topological polar surface area (TPSA) is 112 Å². The summed E-state index contributed by atoms with van der Waals surface area (Å²) in [6, 6.07) is 0. The zero-order chi connectivity index (χ0) is 40.5. The number of unbranched alkanes of at least 4 members (excludes halogenated alkanes) is 9.